The molecular weight excluding hydrogens is 368 g/mol. The predicted octanol–water partition coefficient (Wildman–Crippen LogP) is 3.06. The number of hydrazine groups is 1. The lowest BCUT2D eigenvalue weighted by Crippen LogP contribution is -2.41. The number of aromatic amines is 1. The maximum Gasteiger partial charge on any atom is 0.287 e. The third kappa shape index (κ3) is 5.38. The molecule has 0 spiro atoms. The van der Waals surface area contributed by atoms with Crippen LogP contribution in [0.4, 0.5) is 0 Å². The highest BCUT2D eigenvalue weighted by Crippen LogP contribution is 2.16. The first-order chi connectivity index (χ1) is 14.1. The van der Waals surface area contributed by atoms with E-state index in [-0.39, 0.29) is 24.3 Å². The van der Waals surface area contributed by atoms with Crippen molar-refractivity contribution in [2.45, 2.75) is 26.2 Å². The number of amides is 2. The fourth-order valence-corrected chi connectivity index (χ4v) is 2.75. The molecule has 3 rings (SSSR count). The quantitative estimate of drug-likeness (QED) is 0.426. The van der Waals surface area contributed by atoms with E-state index in [4.69, 9.17) is 0 Å². The van der Waals surface area contributed by atoms with E-state index in [0.717, 1.165) is 17.5 Å². The Morgan fingerprint density at radius 3 is 2.34 bits per heavy atom. The van der Waals surface area contributed by atoms with Crippen molar-refractivity contribution in [1.82, 2.24) is 21.0 Å². The SMILES string of the molecule is CCc1ccc(C(=O)CCC(=O)NNC(=O)c2cc(-c3ccccc3)n[nH]2)cc1. The lowest BCUT2D eigenvalue weighted by Gasteiger charge is -2.06. The van der Waals surface area contributed by atoms with Crippen LogP contribution >= 0.6 is 0 Å². The molecule has 1 heterocycles. The fourth-order valence-electron chi connectivity index (χ4n) is 2.75. The van der Waals surface area contributed by atoms with Crippen LogP contribution in [-0.4, -0.2) is 27.8 Å². The zero-order valence-corrected chi connectivity index (χ0v) is 16.1. The molecule has 0 fully saturated rings. The minimum Gasteiger partial charge on any atom is -0.294 e. The van der Waals surface area contributed by atoms with Gasteiger partial charge in [0.15, 0.2) is 5.78 Å². The number of H-pyrrole nitrogens is 1. The smallest absolute Gasteiger partial charge is 0.287 e. The average molecular weight is 390 g/mol. The summed E-state index contributed by atoms with van der Waals surface area (Å²) in [7, 11) is 0. The van der Waals surface area contributed by atoms with Gasteiger partial charge in [-0.25, -0.2) is 0 Å². The van der Waals surface area contributed by atoms with E-state index in [1.807, 2.05) is 49.4 Å². The maximum atomic E-state index is 12.2. The highest BCUT2D eigenvalue weighted by atomic mass is 16.2. The van der Waals surface area contributed by atoms with Crippen molar-refractivity contribution < 1.29 is 14.4 Å². The monoisotopic (exact) mass is 390 g/mol. The number of Topliss-reactive ketones (excluding diaryl/α,β-unsaturated/α-hetero) is 1. The van der Waals surface area contributed by atoms with Gasteiger partial charge in [-0.2, -0.15) is 5.10 Å². The van der Waals surface area contributed by atoms with Gasteiger partial charge in [-0.3, -0.25) is 30.3 Å². The maximum absolute atomic E-state index is 12.2. The molecule has 0 saturated heterocycles. The lowest BCUT2D eigenvalue weighted by molar-refractivity contribution is -0.121. The molecule has 7 heteroatoms. The first-order valence-corrected chi connectivity index (χ1v) is 9.39. The van der Waals surface area contributed by atoms with Crippen molar-refractivity contribution in [2.24, 2.45) is 0 Å². The standard InChI is InChI=1S/C22H22N4O3/c1-2-15-8-10-17(11-9-15)20(27)12-13-21(28)25-26-22(29)19-14-18(23-24-19)16-6-4-3-5-7-16/h3-11,14H,2,12-13H2,1H3,(H,23,24)(H,25,28)(H,26,29). The molecule has 7 nitrogen and oxygen atoms in total. The predicted molar refractivity (Wildman–Crippen MR) is 109 cm³/mol. The first kappa shape index (κ1) is 20.0. The Morgan fingerprint density at radius 1 is 0.931 bits per heavy atom. The summed E-state index contributed by atoms with van der Waals surface area (Å²) in [6.07, 6.45) is 0.946. The molecule has 0 aliphatic heterocycles. The molecule has 2 amide bonds. The number of benzene rings is 2. The summed E-state index contributed by atoms with van der Waals surface area (Å²) in [5, 5.41) is 6.74. The molecule has 0 aliphatic rings. The number of aryl methyl sites for hydroxylation is 1. The Kier molecular flexibility index (Phi) is 6.52. The molecule has 1 aromatic heterocycles. The minimum absolute atomic E-state index is 0.0209. The summed E-state index contributed by atoms with van der Waals surface area (Å²) in [5.74, 6) is -1.08. The van der Waals surface area contributed by atoms with Crippen LogP contribution in [0.1, 0.15) is 46.2 Å². The summed E-state index contributed by atoms with van der Waals surface area (Å²) in [6.45, 7) is 2.04. The average Bonchev–Trinajstić information content (AvgIpc) is 3.27. The van der Waals surface area contributed by atoms with Gasteiger partial charge in [-0.15, -0.1) is 0 Å². The Hall–Kier alpha value is -3.74. The number of aromatic nitrogens is 2. The molecule has 0 radical (unpaired) electrons. The molecule has 0 unspecified atom stereocenters. The van der Waals surface area contributed by atoms with Gasteiger partial charge in [0, 0.05) is 24.0 Å². The lowest BCUT2D eigenvalue weighted by atomic mass is 10.0. The first-order valence-electron chi connectivity index (χ1n) is 9.39. The van der Waals surface area contributed by atoms with E-state index in [1.165, 1.54) is 0 Å². The Balaban J connectivity index is 1.46. The summed E-state index contributed by atoms with van der Waals surface area (Å²) < 4.78 is 0. The largest absolute Gasteiger partial charge is 0.294 e. The van der Waals surface area contributed by atoms with Gasteiger partial charge in [0.25, 0.3) is 5.91 Å². The number of nitrogens with zero attached hydrogens (tertiary/aromatic N) is 1. The molecule has 0 bridgehead atoms. The van der Waals surface area contributed by atoms with Gasteiger partial charge >= 0.3 is 0 Å². The Morgan fingerprint density at radius 2 is 1.66 bits per heavy atom. The zero-order valence-electron chi connectivity index (χ0n) is 16.1. The van der Waals surface area contributed by atoms with E-state index < -0.39 is 11.8 Å². The number of hydrogen-bond acceptors (Lipinski definition) is 4. The van der Waals surface area contributed by atoms with Crippen LogP contribution in [0.3, 0.4) is 0 Å². The second-order valence-electron chi connectivity index (χ2n) is 6.51. The molecule has 0 saturated carbocycles. The third-order valence-corrected chi connectivity index (χ3v) is 4.47. The number of nitrogens with one attached hydrogen (secondary N) is 3. The number of carbonyl (C=O) groups excluding carboxylic acids is 3. The van der Waals surface area contributed by atoms with Crippen LogP contribution in [-0.2, 0) is 11.2 Å². The van der Waals surface area contributed by atoms with Crippen LogP contribution in [0.15, 0.2) is 60.7 Å². The molecule has 148 valence electrons. The highest BCUT2D eigenvalue weighted by Gasteiger charge is 2.13. The van der Waals surface area contributed by atoms with E-state index in [0.29, 0.717) is 11.3 Å². The van der Waals surface area contributed by atoms with Crippen LogP contribution in [0.2, 0.25) is 0 Å². The second kappa shape index (κ2) is 9.45. The van der Waals surface area contributed by atoms with E-state index in [2.05, 4.69) is 21.0 Å². The van der Waals surface area contributed by atoms with Gasteiger partial charge < -0.3 is 0 Å². The van der Waals surface area contributed by atoms with Crippen molar-refractivity contribution in [3.63, 3.8) is 0 Å². The third-order valence-electron chi connectivity index (χ3n) is 4.47. The van der Waals surface area contributed by atoms with Crippen molar-refractivity contribution in [3.05, 3.63) is 77.5 Å². The highest BCUT2D eigenvalue weighted by molar-refractivity contribution is 5.98. The van der Waals surface area contributed by atoms with Crippen LogP contribution in [0, 0.1) is 0 Å². The molecule has 0 aliphatic carbocycles. The molecule has 2 aromatic carbocycles. The van der Waals surface area contributed by atoms with Gasteiger partial charge in [0.05, 0.1) is 5.69 Å². The number of ketones is 1. The van der Waals surface area contributed by atoms with Crippen LogP contribution in [0.25, 0.3) is 11.3 Å². The van der Waals surface area contributed by atoms with Gasteiger partial charge in [0.1, 0.15) is 5.69 Å². The van der Waals surface area contributed by atoms with Crippen molar-refractivity contribution >= 4 is 17.6 Å². The molecule has 3 N–H and O–H groups in total. The summed E-state index contributed by atoms with van der Waals surface area (Å²) in [6, 6.07) is 18.4. The Bertz CT molecular complexity index is 994. The van der Waals surface area contributed by atoms with Crippen molar-refractivity contribution in [1.29, 1.82) is 0 Å². The molecule has 29 heavy (non-hydrogen) atoms. The van der Waals surface area contributed by atoms with Gasteiger partial charge in [0.2, 0.25) is 5.91 Å². The van der Waals surface area contributed by atoms with E-state index in [9.17, 15) is 14.4 Å². The molecular formula is C22H22N4O3. The van der Waals surface area contributed by atoms with Gasteiger partial charge in [-0.1, -0.05) is 61.5 Å². The van der Waals surface area contributed by atoms with Crippen molar-refractivity contribution in [3.8, 4) is 11.3 Å². The normalized spacial score (nSPS) is 10.4. The van der Waals surface area contributed by atoms with E-state index in [1.54, 1.807) is 18.2 Å². The van der Waals surface area contributed by atoms with Crippen LogP contribution in [0.5, 0.6) is 0 Å². The molecule has 3 aromatic rings. The second-order valence-corrected chi connectivity index (χ2v) is 6.51. The molecule has 0 atom stereocenters. The topological polar surface area (TPSA) is 104 Å². The van der Waals surface area contributed by atoms with E-state index >= 15 is 0 Å². The van der Waals surface area contributed by atoms with Gasteiger partial charge in [-0.05, 0) is 18.1 Å². The van der Waals surface area contributed by atoms with Crippen molar-refractivity contribution in [2.75, 3.05) is 0 Å². The summed E-state index contributed by atoms with van der Waals surface area (Å²) >= 11 is 0. The summed E-state index contributed by atoms with van der Waals surface area (Å²) in [5.41, 5.74) is 8.08. The summed E-state index contributed by atoms with van der Waals surface area (Å²) in [4.78, 5) is 36.3. The van der Waals surface area contributed by atoms with Crippen LogP contribution < -0.4 is 10.9 Å². The Labute approximate surface area is 168 Å². The number of rotatable bonds is 7. The zero-order chi connectivity index (χ0) is 20.6. The fraction of sp³-hybridized carbons (Fsp3) is 0.182. The number of hydrogen-bond donors (Lipinski definition) is 3. The number of carbonyl (C=O) groups is 3. The minimum atomic E-state index is -0.519.